The number of carbonyl (C=O) groups is 1. The molecule has 0 aliphatic heterocycles. The number of benzene rings is 1. The monoisotopic (exact) mass is 322 g/mol. The highest BCUT2D eigenvalue weighted by atomic mass is 32.1. The molecule has 3 nitrogen and oxygen atoms in total. The lowest BCUT2D eigenvalue weighted by atomic mass is 10.1. The fraction of sp³-hybridized carbons (Fsp3) is 0.263. The molecule has 1 aliphatic carbocycles. The first-order valence-electron chi connectivity index (χ1n) is 7.91. The van der Waals surface area contributed by atoms with Crippen molar-refractivity contribution in [1.29, 1.82) is 0 Å². The molecular formula is C19H18N2OS. The van der Waals surface area contributed by atoms with Crippen LogP contribution in [-0.4, -0.2) is 29.4 Å². The molecule has 1 fully saturated rings. The molecule has 2 aromatic heterocycles. The van der Waals surface area contributed by atoms with Gasteiger partial charge in [0.05, 0.1) is 21.7 Å². The zero-order valence-corrected chi connectivity index (χ0v) is 13.8. The third-order valence-electron chi connectivity index (χ3n) is 4.30. The predicted molar refractivity (Wildman–Crippen MR) is 94.7 cm³/mol. The lowest BCUT2D eigenvalue weighted by molar-refractivity contribution is 0.0790. The van der Waals surface area contributed by atoms with E-state index in [-0.39, 0.29) is 5.91 Å². The number of aromatic nitrogens is 1. The Kier molecular flexibility index (Phi) is 3.62. The Morgan fingerprint density at radius 2 is 2.09 bits per heavy atom. The van der Waals surface area contributed by atoms with Gasteiger partial charge in [0.15, 0.2) is 0 Å². The lowest BCUT2D eigenvalue weighted by Gasteiger charge is -2.18. The Bertz CT molecular complexity index is 853. The van der Waals surface area contributed by atoms with E-state index in [0.717, 1.165) is 33.6 Å². The Labute approximate surface area is 139 Å². The van der Waals surface area contributed by atoms with Crippen LogP contribution in [-0.2, 0) is 0 Å². The number of hydrogen-bond acceptors (Lipinski definition) is 3. The first kappa shape index (κ1) is 14.4. The maximum absolute atomic E-state index is 12.9. The molecule has 116 valence electrons. The highest BCUT2D eigenvalue weighted by Gasteiger charge is 2.26. The van der Waals surface area contributed by atoms with E-state index in [0.29, 0.717) is 5.92 Å². The smallest absolute Gasteiger partial charge is 0.254 e. The summed E-state index contributed by atoms with van der Waals surface area (Å²) in [6, 6.07) is 13.9. The normalized spacial score (nSPS) is 14.1. The quantitative estimate of drug-likeness (QED) is 0.711. The predicted octanol–water partition coefficient (Wildman–Crippen LogP) is 4.45. The van der Waals surface area contributed by atoms with Gasteiger partial charge in [0.1, 0.15) is 0 Å². The molecule has 1 aliphatic rings. The van der Waals surface area contributed by atoms with Crippen LogP contribution in [0, 0.1) is 5.92 Å². The van der Waals surface area contributed by atoms with Gasteiger partial charge in [-0.3, -0.25) is 4.79 Å². The van der Waals surface area contributed by atoms with Gasteiger partial charge in [-0.1, -0.05) is 24.3 Å². The van der Waals surface area contributed by atoms with Crippen LogP contribution < -0.4 is 0 Å². The molecule has 4 heteroatoms. The van der Waals surface area contributed by atoms with Gasteiger partial charge in [-0.25, -0.2) is 4.98 Å². The molecule has 2 heterocycles. The minimum Gasteiger partial charge on any atom is -0.341 e. The van der Waals surface area contributed by atoms with Gasteiger partial charge in [-0.05, 0) is 42.3 Å². The van der Waals surface area contributed by atoms with E-state index in [1.807, 2.05) is 59.8 Å². The van der Waals surface area contributed by atoms with Crippen molar-refractivity contribution >= 4 is 28.1 Å². The maximum atomic E-state index is 12.9. The van der Waals surface area contributed by atoms with Crippen LogP contribution >= 0.6 is 11.3 Å². The summed E-state index contributed by atoms with van der Waals surface area (Å²) >= 11 is 1.65. The fourth-order valence-electron chi connectivity index (χ4n) is 2.88. The van der Waals surface area contributed by atoms with E-state index >= 15 is 0 Å². The van der Waals surface area contributed by atoms with E-state index in [2.05, 4.69) is 0 Å². The molecule has 0 N–H and O–H groups in total. The Hall–Kier alpha value is -2.20. The number of nitrogens with zero attached hydrogens (tertiary/aromatic N) is 2. The minimum atomic E-state index is 0.0910. The molecular weight excluding hydrogens is 304 g/mol. The highest BCUT2D eigenvalue weighted by molar-refractivity contribution is 7.13. The molecule has 0 bridgehead atoms. The van der Waals surface area contributed by atoms with E-state index in [4.69, 9.17) is 4.98 Å². The molecule has 1 saturated carbocycles. The number of hydrogen-bond donors (Lipinski definition) is 0. The van der Waals surface area contributed by atoms with Crippen LogP contribution in [0.3, 0.4) is 0 Å². The van der Waals surface area contributed by atoms with Crippen LogP contribution in [0.4, 0.5) is 0 Å². The summed E-state index contributed by atoms with van der Waals surface area (Å²) in [5, 5.41) is 2.97. The van der Waals surface area contributed by atoms with E-state index in [1.165, 1.54) is 12.8 Å². The second-order valence-electron chi connectivity index (χ2n) is 6.18. The van der Waals surface area contributed by atoms with Crippen LogP contribution in [0.5, 0.6) is 0 Å². The maximum Gasteiger partial charge on any atom is 0.254 e. The van der Waals surface area contributed by atoms with Gasteiger partial charge in [0, 0.05) is 19.0 Å². The zero-order valence-electron chi connectivity index (χ0n) is 13.0. The van der Waals surface area contributed by atoms with Crippen molar-refractivity contribution < 1.29 is 4.79 Å². The van der Waals surface area contributed by atoms with Gasteiger partial charge < -0.3 is 4.90 Å². The van der Waals surface area contributed by atoms with Crippen molar-refractivity contribution in [3.8, 4) is 10.6 Å². The standard InChI is InChI=1S/C19H18N2OS/c1-21(12-13-8-9-13)19(22)15-11-17(18-7-4-10-23-18)20-16-6-3-2-5-14(15)16/h2-7,10-11,13H,8-9,12H2,1H3. The van der Waals surface area contributed by atoms with Crippen molar-refractivity contribution in [2.45, 2.75) is 12.8 Å². The molecule has 3 aromatic rings. The number of rotatable bonds is 4. The van der Waals surface area contributed by atoms with E-state index in [9.17, 15) is 4.79 Å². The molecule has 0 saturated heterocycles. The first-order chi connectivity index (χ1) is 11.2. The van der Waals surface area contributed by atoms with Crippen molar-refractivity contribution in [3.63, 3.8) is 0 Å². The molecule has 0 radical (unpaired) electrons. The number of carbonyl (C=O) groups excluding carboxylic acids is 1. The Morgan fingerprint density at radius 1 is 1.26 bits per heavy atom. The molecule has 1 aromatic carbocycles. The third-order valence-corrected chi connectivity index (χ3v) is 5.19. The van der Waals surface area contributed by atoms with Crippen LogP contribution in [0.1, 0.15) is 23.2 Å². The molecule has 0 atom stereocenters. The summed E-state index contributed by atoms with van der Waals surface area (Å²) in [4.78, 5) is 20.6. The van der Waals surface area contributed by atoms with Gasteiger partial charge in [-0.2, -0.15) is 0 Å². The summed E-state index contributed by atoms with van der Waals surface area (Å²) in [6.45, 7) is 0.851. The summed E-state index contributed by atoms with van der Waals surface area (Å²) in [6.07, 6.45) is 2.49. The first-order valence-corrected chi connectivity index (χ1v) is 8.79. The molecule has 23 heavy (non-hydrogen) atoms. The fourth-order valence-corrected chi connectivity index (χ4v) is 3.57. The number of thiophene rings is 1. The summed E-state index contributed by atoms with van der Waals surface area (Å²) in [5.74, 6) is 0.780. The van der Waals surface area contributed by atoms with Crippen molar-refractivity contribution in [1.82, 2.24) is 9.88 Å². The SMILES string of the molecule is CN(CC1CC1)C(=O)c1cc(-c2cccs2)nc2ccccc12. The second kappa shape index (κ2) is 5.78. The minimum absolute atomic E-state index is 0.0910. The van der Waals surface area contributed by atoms with E-state index < -0.39 is 0 Å². The average molecular weight is 322 g/mol. The summed E-state index contributed by atoms with van der Waals surface area (Å²) < 4.78 is 0. The number of fused-ring (bicyclic) bond motifs is 1. The largest absolute Gasteiger partial charge is 0.341 e. The summed E-state index contributed by atoms with van der Waals surface area (Å²) in [5.41, 5.74) is 2.51. The van der Waals surface area contributed by atoms with Crippen LogP contribution in [0.15, 0.2) is 47.8 Å². The van der Waals surface area contributed by atoms with Gasteiger partial charge in [0.25, 0.3) is 5.91 Å². The third kappa shape index (κ3) is 2.86. The van der Waals surface area contributed by atoms with Gasteiger partial charge >= 0.3 is 0 Å². The van der Waals surface area contributed by atoms with Crippen LogP contribution in [0.2, 0.25) is 0 Å². The number of amides is 1. The van der Waals surface area contributed by atoms with Gasteiger partial charge in [-0.15, -0.1) is 11.3 Å². The topological polar surface area (TPSA) is 33.2 Å². The Balaban J connectivity index is 1.81. The highest BCUT2D eigenvalue weighted by Crippen LogP contribution is 2.31. The number of para-hydroxylation sites is 1. The van der Waals surface area contributed by atoms with E-state index in [1.54, 1.807) is 11.3 Å². The molecule has 0 unspecified atom stereocenters. The molecule has 0 spiro atoms. The zero-order chi connectivity index (χ0) is 15.8. The second-order valence-corrected chi connectivity index (χ2v) is 7.13. The van der Waals surface area contributed by atoms with Crippen LogP contribution in [0.25, 0.3) is 21.5 Å². The molecule has 1 amide bonds. The Morgan fingerprint density at radius 3 is 2.83 bits per heavy atom. The summed E-state index contributed by atoms with van der Waals surface area (Å²) in [7, 11) is 1.90. The van der Waals surface area contributed by atoms with Crippen molar-refractivity contribution in [2.75, 3.05) is 13.6 Å². The van der Waals surface area contributed by atoms with Crippen molar-refractivity contribution in [3.05, 3.63) is 53.4 Å². The van der Waals surface area contributed by atoms with Gasteiger partial charge in [0.2, 0.25) is 0 Å². The van der Waals surface area contributed by atoms with Crippen molar-refractivity contribution in [2.24, 2.45) is 5.92 Å². The number of pyridine rings is 1. The molecule has 4 rings (SSSR count). The lowest BCUT2D eigenvalue weighted by Crippen LogP contribution is -2.29. The average Bonchev–Trinajstić information content (AvgIpc) is 3.22.